The van der Waals surface area contributed by atoms with E-state index in [0.717, 1.165) is 29.5 Å². The third-order valence-electron chi connectivity index (χ3n) is 3.24. The van der Waals surface area contributed by atoms with Crippen LogP contribution in [0.2, 0.25) is 0 Å². The lowest BCUT2D eigenvalue weighted by atomic mass is 10.1. The van der Waals surface area contributed by atoms with E-state index < -0.39 is 27.1 Å². The highest BCUT2D eigenvalue weighted by atomic mass is 32.1. The number of aromatic nitrogens is 2. The summed E-state index contributed by atoms with van der Waals surface area (Å²) >= 11 is 1.14. The van der Waals surface area contributed by atoms with Gasteiger partial charge in [-0.25, -0.2) is 4.98 Å². The summed E-state index contributed by atoms with van der Waals surface area (Å²) in [7, 11) is 0. The molecule has 0 aliphatic rings. The maximum Gasteiger partial charge on any atom is 0.277 e. The predicted octanol–water partition coefficient (Wildman–Crippen LogP) is 3.27. The average Bonchev–Trinajstić information content (AvgIpc) is 3.10. The van der Waals surface area contributed by atoms with E-state index in [1.165, 1.54) is 0 Å². The summed E-state index contributed by atoms with van der Waals surface area (Å²) in [4.78, 5) is 40.9. The van der Waals surface area contributed by atoms with Gasteiger partial charge in [-0.15, -0.1) is 11.3 Å². The number of nitro groups is 2. The normalized spacial score (nSPS) is 10.3. The van der Waals surface area contributed by atoms with Gasteiger partial charge in [0.05, 0.1) is 27.2 Å². The van der Waals surface area contributed by atoms with Crippen molar-refractivity contribution < 1.29 is 14.6 Å². The van der Waals surface area contributed by atoms with E-state index in [4.69, 9.17) is 0 Å². The number of hydrogen-bond acceptors (Lipinski definition) is 8. The van der Waals surface area contributed by atoms with Crippen LogP contribution in [0.25, 0.3) is 11.4 Å². The summed E-state index contributed by atoms with van der Waals surface area (Å²) in [5, 5.41) is 26.2. The molecule has 3 rings (SSSR count). The Kier molecular flexibility index (Phi) is 4.62. The Labute approximate surface area is 149 Å². The van der Waals surface area contributed by atoms with Crippen molar-refractivity contribution in [3.05, 3.63) is 73.8 Å². The fourth-order valence-electron chi connectivity index (χ4n) is 2.07. The summed E-state index contributed by atoms with van der Waals surface area (Å²) in [6.45, 7) is 0. The molecule has 0 saturated carbocycles. The van der Waals surface area contributed by atoms with Crippen LogP contribution in [0.3, 0.4) is 0 Å². The van der Waals surface area contributed by atoms with Crippen molar-refractivity contribution in [1.29, 1.82) is 0 Å². The van der Waals surface area contributed by atoms with Crippen molar-refractivity contribution >= 4 is 33.8 Å². The molecule has 0 aliphatic heterocycles. The Morgan fingerprint density at radius 3 is 2.31 bits per heavy atom. The number of rotatable bonds is 5. The molecule has 1 N–H and O–H groups in total. The number of carbonyl (C=O) groups excluding carboxylic acids is 1. The lowest BCUT2D eigenvalue weighted by molar-refractivity contribution is -0.394. The fraction of sp³-hybridized carbons (Fsp3) is 0. The van der Waals surface area contributed by atoms with Gasteiger partial charge >= 0.3 is 0 Å². The highest BCUT2D eigenvalue weighted by molar-refractivity contribution is 7.14. The number of hydrogen-bond donors (Lipinski definition) is 1. The lowest BCUT2D eigenvalue weighted by Crippen LogP contribution is -2.12. The molecular formula is C15H9N5O5S. The van der Waals surface area contributed by atoms with Crippen molar-refractivity contribution in [2.24, 2.45) is 0 Å². The molecular weight excluding hydrogens is 362 g/mol. The maximum absolute atomic E-state index is 12.3. The van der Waals surface area contributed by atoms with Crippen LogP contribution in [0.4, 0.5) is 16.5 Å². The quantitative estimate of drug-likeness (QED) is 0.536. The van der Waals surface area contributed by atoms with Crippen molar-refractivity contribution in [3.63, 3.8) is 0 Å². The third-order valence-corrected chi connectivity index (χ3v) is 4.00. The second kappa shape index (κ2) is 7.03. The predicted molar refractivity (Wildman–Crippen MR) is 93.0 cm³/mol. The number of thiazole rings is 1. The molecule has 130 valence electrons. The zero-order valence-electron chi connectivity index (χ0n) is 12.9. The van der Waals surface area contributed by atoms with E-state index in [0.29, 0.717) is 11.4 Å². The molecule has 3 aromatic rings. The van der Waals surface area contributed by atoms with Crippen LogP contribution in [0.15, 0.2) is 48.0 Å². The highest BCUT2D eigenvalue weighted by Crippen LogP contribution is 2.26. The minimum absolute atomic E-state index is 0.208. The Morgan fingerprint density at radius 1 is 1.04 bits per heavy atom. The standard InChI is InChI=1S/C15H9N5O5S/c21-14(9-5-10(19(22)23)7-11(6-9)20(24)25)18-15-17-13(8-26-15)12-3-1-2-4-16-12/h1-8H,(H,17,18,21). The van der Waals surface area contributed by atoms with E-state index >= 15 is 0 Å². The molecule has 11 heteroatoms. The Bertz CT molecular complexity index is 972. The molecule has 0 bridgehead atoms. The van der Waals surface area contributed by atoms with E-state index in [1.54, 1.807) is 29.8 Å². The van der Waals surface area contributed by atoms with Gasteiger partial charge in [0.15, 0.2) is 5.13 Å². The van der Waals surface area contributed by atoms with E-state index in [9.17, 15) is 25.0 Å². The van der Waals surface area contributed by atoms with Crippen molar-refractivity contribution in [1.82, 2.24) is 9.97 Å². The number of anilines is 1. The van der Waals surface area contributed by atoms with Gasteiger partial charge in [-0.3, -0.25) is 35.3 Å². The number of nitrogens with one attached hydrogen (secondary N) is 1. The van der Waals surface area contributed by atoms with E-state index in [1.807, 2.05) is 0 Å². The van der Waals surface area contributed by atoms with Crippen LogP contribution in [0.1, 0.15) is 10.4 Å². The molecule has 2 heterocycles. The molecule has 0 saturated heterocycles. The molecule has 1 aromatic carbocycles. The van der Waals surface area contributed by atoms with Crippen molar-refractivity contribution in [3.8, 4) is 11.4 Å². The maximum atomic E-state index is 12.3. The van der Waals surface area contributed by atoms with Crippen molar-refractivity contribution in [2.75, 3.05) is 5.32 Å². The lowest BCUT2D eigenvalue weighted by Gasteiger charge is -2.02. The number of non-ortho nitro benzene ring substituents is 2. The second-order valence-corrected chi connectivity index (χ2v) is 5.82. The number of benzene rings is 1. The summed E-state index contributed by atoms with van der Waals surface area (Å²) in [6, 6.07) is 8.03. The first kappa shape index (κ1) is 17.1. The van der Waals surface area contributed by atoms with Gasteiger partial charge in [0.2, 0.25) is 0 Å². The first-order valence-corrected chi connectivity index (χ1v) is 7.94. The third kappa shape index (κ3) is 3.67. The highest BCUT2D eigenvalue weighted by Gasteiger charge is 2.20. The first-order chi connectivity index (χ1) is 12.4. The molecule has 0 aliphatic carbocycles. The number of amides is 1. The van der Waals surface area contributed by atoms with Gasteiger partial charge < -0.3 is 0 Å². The monoisotopic (exact) mass is 371 g/mol. The molecule has 0 spiro atoms. The van der Waals surface area contributed by atoms with Crippen LogP contribution in [-0.4, -0.2) is 25.7 Å². The Balaban J connectivity index is 1.85. The topological polar surface area (TPSA) is 141 Å². The second-order valence-electron chi connectivity index (χ2n) is 4.96. The van der Waals surface area contributed by atoms with Crippen LogP contribution in [0.5, 0.6) is 0 Å². The van der Waals surface area contributed by atoms with Gasteiger partial charge in [-0.05, 0) is 12.1 Å². The smallest absolute Gasteiger partial charge is 0.277 e. The molecule has 2 aromatic heterocycles. The molecule has 0 atom stereocenters. The van der Waals surface area contributed by atoms with Gasteiger partial charge in [0.1, 0.15) is 5.69 Å². The SMILES string of the molecule is O=C(Nc1nc(-c2ccccn2)cs1)c1cc([N+](=O)[O-])cc([N+](=O)[O-])c1. The minimum atomic E-state index is -0.799. The largest absolute Gasteiger partial charge is 0.298 e. The molecule has 0 fully saturated rings. The Morgan fingerprint density at radius 2 is 1.73 bits per heavy atom. The zero-order chi connectivity index (χ0) is 18.7. The van der Waals surface area contributed by atoms with Crippen LogP contribution in [0, 0.1) is 20.2 Å². The molecule has 1 amide bonds. The van der Waals surface area contributed by atoms with E-state index in [2.05, 4.69) is 15.3 Å². The molecule has 10 nitrogen and oxygen atoms in total. The number of pyridine rings is 1. The Hall–Kier alpha value is -3.73. The van der Waals surface area contributed by atoms with Crippen LogP contribution >= 0.6 is 11.3 Å². The summed E-state index contributed by atoms with van der Waals surface area (Å²) in [6.07, 6.45) is 1.61. The van der Waals surface area contributed by atoms with Crippen molar-refractivity contribution in [2.45, 2.75) is 0 Å². The number of nitro benzene ring substituents is 2. The van der Waals surface area contributed by atoms with Crippen LogP contribution < -0.4 is 5.32 Å². The van der Waals surface area contributed by atoms with Gasteiger partial charge in [-0.1, -0.05) is 6.07 Å². The zero-order valence-corrected chi connectivity index (χ0v) is 13.7. The summed E-state index contributed by atoms with van der Waals surface area (Å²) < 4.78 is 0. The van der Waals surface area contributed by atoms with Gasteiger partial charge in [0.25, 0.3) is 17.3 Å². The molecule has 26 heavy (non-hydrogen) atoms. The average molecular weight is 371 g/mol. The van der Waals surface area contributed by atoms with Gasteiger partial charge in [0, 0.05) is 23.7 Å². The number of nitrogens with zero attached hydrogens (tertiary/aromatic N) is 4. The van der Waals surface area contributed by atoms with Gasteiger partial charge in [-0.2, -0.15) is 0 Å². The number of carbonyl (C=O) groups is 1. The van der Waals surface area contributed by atoms with E-state index in [-0.39, 0.29) is 10.7 Å². The van der Waals surface area contributed by atoms with Crippen LogP contribution in [-0.2, 0) is 0 Å². The minimum Gasteiger partial charge on any atom is -0.298 e. The summed E-state index contributed by atoms with van der Waals surface area (Å²) in [5.41, 5.74) is -0.123. The summed E-state index contributed by atoms with van der Waals surface area (Å²) in [5.74, 6) is -0.737. The molecule has 0 radical (unpaired) electrons. The first-order valence-electron chi connectivity index (χ1n) is 7.06. The fourth-order valence-corrected chi connectivity index (χ4v) is 2.77. The molecule has 0 unspecified atom stereocenters.